The number of rotatable bonds is 25. The zero-order valence-corrected chi connectivity index (χ0v) is 40.8. The van der Waals surface area contributed by atoms with Gasteiger partial charge < -0.3 is 113 Å². The van der Waals surface area contributed by atoms with Gasteiger partial charge in [0, 0.05) is 6.42 Å². The summed E-state index contributed by atoms with van der Waals surface area (Å²) in [5, 5.41) is 130. The minimum atomic E-state index is -1.95. The first kappa shape index (κ1) is 59.5. The molecule has 0 amide bonds. The van der Waals surface area contributed by atoms with Crippen molar-refractivity contribution >= 4 is 5.97 Å². The Hall–Kier alpha value is -1.41. The van der Waals surface area contributed by atoms with E-state index in [1.807, 2.05) is 0 Å². The number of esters is 1. The van der Waals surface area contributed by atoms with E-state index in [2.05, 4.69) is 6.92 Å². The van der Waals surface area contributed by atoms with Gasteiger partial charge >= 0.3 is 5.97 Å². The van der Waals surface area contributed by atoms with E-state index < -0.39 is 154 Å². The first-order chi connectivity index (χ1) is 33.3. The van der Waals surface area contributed by atoms with Crippen LogP contribution in [0, 0.1) is 0 Å². The van der Waals surface area contributed by atoms with Crippen LogP contribution in [0.4, 0.5) is 0 Å². The van der Waals surface area contributed by atoms with Crippen LogP contribution < -0.4 is 0 Å². The fourth-order valence-corrected chi connectivity index (χ4v) is 9.42. The second kappa shape index (κ2) is 28.5. The molecule has 5 rings (SSSR count). The summed E-state index contributed by atoms with van der Waals surface area (Å²) in [5.74, 6) is -0.205. The second-order valence-electron chi connectivity index (χ2n) is 19.3. The highest BCUT2D eigenvalue weighted by atomic mass is 16.8. The van der Waals surface area contributed by atoms with Crippen LogP contribution in [0.5, 0.6) is 0 Å². The number of methoxy groups -OCH3 is 1. The molecule has 0 bridgehead atoms. The molecule has 0 spiro atoms. The molecule has 70 heavy (non-hydrogen) atoms. The molecule has 0 unspecified atom stereocenters. The van der Waals surface area contributed by atoms with E-state index in [-0.39, 0.29) is 18.7 Å². The molecular formula is C46H82O24. The Morgan fingerprint density at radius 2 is 0.986 bits per heavy atom. The van der Waals surface area contributed by atoms with E-state index in [4.69, 9.17) is 52.1 Å². The molecule has 0 aromatic heterocycles. The molecule has 5 saturated heterocycles. The Bertz CT molecular complexity index is 1500. The summed E-state index contributed by atoms with van der Waals surface area (Å²) in [5.41, 5.74) is 0. The molecule has 24 nitrogen and oxygen atoms in total. The quantitative estimate of drug-likeness (QED) is 0.0331. The highest BCUT2D eigenvalue weighted by Crippen LogP contribution is 2.37. The van der Waals surface area contributed by atoms with Crippen molar-refractivity contribution in [3.63, 3.8) is 0 Å². The van der Waals surface area contributed by atoms with Gasteiger partial charge in [-0.1, -0.05) is 64.7 Å². The summed E-state index contributed by atoms with van der Waals surface area (Å²) in [6.07, 6.45) is -27.1. The summed E-state index contributed by atoms with van der Waals surface area (Å²) < 4.78 is 64.4. The van der Waals surface area contributed by atoms with Crippen LogP contribution >= 0.6 is 0 Å². The van der Waals surface area contributed by atoms with Gasteiger partial charge in [0.15, 0.2) is 31.5 Å². The fourth-order valence-electron chi connectivity index (χ4n) is 9.42. The van der Waals surface area contributed by atoms with Crippen molar-refractivity contribution in [2.45, 2.75) is 265 Å². The van der Waals surface area contributed by atoms with Crippen LogP contribution in [0.15, 0.2) is 0 Å². The summed E-state index contributed by atoms with van der Waals surface area (Å²) in [4.78, 5) is 11.4. The first-order valence-corrected chi connectivity index (χ1v) is 25.0. The molecule has 12 N–H and O–H groups in total. The van der Waals surface area contributed by atoms with E-state index in [1.54, 1.807) is 0 Å². The Labute approximate surface area is 408 Å². The molecule has 25 atom stereocenters. The summed E-state index contributed by atoms with van der Waals surface area (Å²) in [7, 11) is 1.38. The average molecular weight is 1020 g/mol. The maximum absolute atomic E-state index is 11.9. The summed E-state index contributed by atoms with van der Waals surface area (Å²) in [6.45, 7) is 5.34. The largest absolute Gasteiger partial charge is 0.469 e. The van der Waals surface area contributed by atoms with Gasteiger partial charge in [0.05, 0.1) is 44.7 Å². The maximum atomic E-state index is 11.9. The lowest BCUT2D eigenvalue weighted by atomic mass is 9.95. The van der Waals surface area contributed by atoms with Crippen LogP contribution in [-0.4, -0.2) is 241 Å². The standard InChI is InChI=1S/C46H82O24/c1-6-7-13-16-24(17-14-11-9-8-10-12-15-18-27(49)60-5)65-46-41(29(51)25(48)20-61-46)70-43-36(58)33(55)38(22(3)63-43)67-45-37(59)40(69-44-35(57)32(54)30(52)26(19-47)66-44)39(23(4)64-45)68-42-34(56)31(53)28(50)21(2)62-42/h21-26,28-48,50-59H,6-20H2,1-5H3/t21-,22-,23-,24-,25+,26+,28-,29-,30+,31+,32-,33-,34+,35+,36+,37+,38-,39-,40-,41+,42-,43-,44-,45-,46-/m0/s1. The molecular weight excluding hydrogens is 936 g/mol. The molecule has 5 aliphatic heterocycles. The summed E-state index contributed by atoms with van der Waals surface area (Å²) >= 11 is 0. The molecule has 5 aliphatic rings. The molecule has 0 saturated carbocycles. The van der Waals surface area contributed by atoms with Crippen molar-refractivity contribution in [1.29, 1.82) is 0 Å². The van der Waals surface area contributed by atoms with Crippen molar-refractivity contribution in [2.24, 2.45) is 0 Å². The highest BCUT2D eigenvalue weighted by molar-refractivity contribution is 5.68. The lowest BCUT2D eigenvalue weighted by Crippen LogP contribution is -2.67. The number of carbonyl (C=O) groups is 1. The number of hydrogen-bond donors (Lipinski definition) is 12. The molecule has 0 radical (unpaired) electrons. The van der Waals surface area contributed by atoms with Gasteiger partial charge in [-0.3, -0.25) is 4.79 Å². The van der Waals surface area contributed by atoms with Gasteiger partial charge in [-0.25, -0.2) is 0 Å². The van der Waals surface area contributed by atoms with Crippen molar-refractivity contribution in [3.05, 3.63) is 0 Å². The number of ether oxygens (including phenoxy) is 11. The monoisotopic (exact) mass is 1020 g/mol. The SMILES string of the molecule is CCCCC[C@@H](CCCCCCCCCC(=O)OC)O[C@@H]1OC[C@@H](O)[C@H](O)[C@H]1O[C@@H]1O[C@@H](C)[C@H](O[C@@H]2O[C@@H](C)[C@H](O[C@@H]3O[C@@H](C)[C@H](O)[C@@H](O)[C@H]3O)[C@@H](O[C@@H]3O[C@H](CO)[C@@H](O)[C@H](O)[C@H]3O)[C@H]2O)[C@@H](O)[C@H]1O. The molecule has 0 aliphatic carbocycles. The van der Waals surface area contributed by atoms with Crippen molar-refractivity contribution in [2.75, 3.05) is 20.3 Å². The predicted octanol–water partition coefficient (Wildman–Crippen LogP) is -2.55. The minimum Gasteiger partial charge on any atom is -0.469 e. The number of aliphatic hydroxyl groups is 12. The van der Waals surface area contributed by atoms with Crippen molar-refractivity contribution < 1.29 is 118 Å². The summed E-state index contributed by atoms with van der Waals surface area (Å²) in [6, 6.07) is 0. The third-order valence-electron chi connectivity index (χ3n) is 13.9. The second-order valence-corrected chi connectivity index (χ2v) is 19.3. The average Bonchev–Trinajstić information content (AvgIpc) is 3.34. The Morgan fingerprint density at radius 3 is 1.60 bits per heavy atom. The van der Waals surface area contributed by atoms with Gasteiger partial charge in [0.25, 0.3) is 0 Å². The number of carbonyl (C=O) groups excluding carboxylic acids is 1. The topological polar surface area (TPSA) is 361 Å². The molecule has 0 aromatic carbocycles. The van der Waals surface area contributed by atoms with Crippen LogP contribution in [-0.2, 0) is 56.9 Å². The van der Waals surface area contributed by atoms with E-state index in [0.717, 1.165) is 64.2 Å². The molecule has 5 fully saturated rings. The predicted molar refractivity (Wildman–Crippen MR) is 237 cm³/mol. The number of hydrogen-bond acceptors (Lipinski definition) is 24. The molecule has 410 valence electrons. The molecule has 5 heterocycles. The molecule has 0 aromatic rings. The van der Waals surface area contributed by atoms with Crippen molar-refractivity contribution in [1.82, 2.24) is 0 Å². The Kier molecular flexibility index (Phi) is 24.2. The van der Waals surface area contributed by atoms with Gasteiger partial charge in [0.2, 0.25) is 0 Å². The minimum absolute atomic E-state index is 0.205. The normalized spacial score (nSPS) is 44.2. The van der Waals surface area contributed by atoms with E-state index in [1.165, 1.54) is 27.9 Å². The number of unbranched alkanes of at least 4 members (excludes halogenated alkanes) is 8. The van der Waals surface area contributed by atoms with Crippen LogP contribution in [0.2, 0.25) is 0 Å². The first-order valence-electron chi connectivity index (χ1n) is 25.0. The number of aliphatic hydroxyl groups excluding tert-OH is 12. The lowest BCUT2D eigenvalue weighted by Gasteiger charge is -2.50. The van der Waals surface area contributed by atoms with Crippen LogP contribution in [0.3, 0.4) is 0 Å². The molecule has 24 heteroatoms. The van der Waals surface area contributed by atoms with Gasteiger partial charge in [0.1, 0.15) is 97.7 Å². The van der Waals surface area contributed by atoms with Crippen LogP contribution in [0.25, 0.3) is 0 Å². The third kappa shape index (κ3) is 15.4. The Balaban J connectivity index is 1.25. The Morgan fingerprint density at radius 1 is 0.500 bits per heavy atom. The van der Waals surface area contributed by atoms with E-state index in [0.29, 0.717) is 19.3 Å². The van der Waals surface area contributed by atoms with Gasteiger partial charge in [-0.05, 0) is 40.0 Å². The van der Waals surface area contributed by atoms with E-state index in [9.17, 15) is 66.1 Å². The smallest absolute Gasteiger partial charge is 0.305 e. The van der Waals surface area contributed by atoms with Gasteiger partial charge in [-0.2, -0.15) is 0 Å². The van der Waals surface area contributed by atoms with Gasteiger partial charge in [-0.15, -0.1) is 0 Å². The van der Waals surface area contributed by atoms with Crippen molar-refractivity contribution in [3.8, 4) is 0 Å². The highest BCUT2D eigenvalue weighted by Gasteiger charge is 2.56. The van der Waals surface area contributed by atoms with E-state index >= 15 is 0 Å². The maximum Gasteiger partial charge on any atom is 0.305 e. The lowest BCUT2D eigenvalue weighted by molar-refractivity contribution is -0.399. The fraction of sp³-hybridized carbons (Fsp3) is 0.978. The zero-order chi connectivity index (χ0) is 51.4. The zero-order valence-electron chi connectivity index (χ0n) is 40.8. The van der Waals surface area contributed by atoms with Crippen LogP contribution in [0.1, 0.15) is 111 Å². The third-order valence-corrected chi connectivity index (χ3v) is 13.9.